The second-order valence-electron chi connectivity index (χ2n) is 5.50. The minimum atomic E-state index is -0.389. The van der Waals surface area contributed by atoms with Gasteiger partial charge in [0.05, 0.1) is 0 Å². The van der Waals surface area contributed by atoms with Gasteiger partial charge in [-0.05, 0) is 24.3 Å². The Hall–Kier alpha value is -1.55. The Kier molecular flexibility index (Phi) is 5.87. The number of alkyl carbamates (subject to hydrolysis) is 1. The van der Waals surface area contributed by atoms with Gasteiger partial charge in [0.1, 0.15) is 6.61 Å². The van der Waals surface area contributed by atoms with Crippen LogP contribution >= 0.6 is 0 Å². The highest BCUT2D eigenvalue weighted by molar-refractivity contribution is 5.67. The topological polar surface area (TPSA) is 64.3 Å². The first kappa shape index (κ1) is 14.9. The van der Waals surface area contributed by atoms with Crippen LogP contribution in [0.25, 0.3) is 0 Å². The molecule has 2 rings (SSSR count). The van der Waals surface area contributed by atoms with Crippen LogP contribution in [0.15, 0.2) is 30.3 Å². The molecule has 0 bridgehead atoms. The Balaban J connectivity index is 1.64. The predicted octanol–water partition coefficient (Wildman–Crippen LogP) is 2.82. The lowest BCUT2D eigenvalue weighted by Crippen LogP contribution is -2.42. The third-order valence-corrected chi connectivity index (χ3v) is 3.95. The number of ether oxygens (including phenoxy) is 1. The number of benzene rings is 1. The van der Waals surface area contributed by atoms with Crippen LogP contribution in [0.2, 0.25) is 0 Å². The van der Waals surface area contributed by atoms with Gasteiger partial charge in [0.25, 0.3) is 0 Å². The van der Waals surface area contributed by atoms with E-state index in [-0.39, 0.29) is 12.1 Å². The van der Waals surface area contributed by atoms with E-state index in [1.807, 2.05) is 30.3 Å². The quantitative estimate of drug-likeness (QED) is 0.869. The number of hydrogen-bond acceptors (Lipinski definition) is 3. The van der Waals surface area contributed by atoms with Crippen molar-refractivity contribution >= 4 is 6.09 Å². The molecule has 20 heavy (non-hydrogen) atoms. The zero-order valence-corrected chi connectivity index (χ0v) is 11.9. The minimum Gasteiger partial charge on any atom is -0.445 e. The van der Waals surface area contributed by atoms with Crippen LogP contribution in [-0.2, 0) is 11.3 Å². The van der Waals surface area contributed by atoms with E-state index in [1.54, 1.807) is 0 Å². The maximum atomic E-state index is 11.6. The predicted molar refractivity (Wildman–Crippen MR) is 79.2 cm³/mol. The first-order valence-corrected chi connectivity index (χ1v) is 7.46. The highest BCUT2D eigenvalue weighted by atomic mass is 16.5. The first-order chi connectivity index (χ1) is 9.75. The lowest BCUT2D eigenvalue weighted by Gasteiger charge is -2.27. The molecule has 1 saturated carbocycles. The number of rotatable bonds is 5. The van der Waals surface area contributed by atoms with Gasteiger partial charge in [0, 0.05) is 12.6 Å². The zero-order chi connectivity index (χ0) is 14.2. The summed E-state index contributed by atoms with van der Waals surface area (Å²) >= 11 is 0. The van der Waals surface area contributed by atoms with Crippen molar-refractivity contribution in [2.24, 2.45) is 11.7 Å². The van der Waals surface area contributed by atoms with E-state index >= 15 is 0 Å². The fourth-order valence-electron chi connectivity index (χ4n) is 2.70. The lowest BCUT2D eigenvalue weighted by atomic mass is 9.84. The third-order valence-electron chi connectivity index (χ3n) is 3.95. The van der Waals surface area contributed by atoms with Crippen molar-refractivity contribution in [3.63, 3.8) is 0 Å². The standard InChI is InChI=1S/C16H24N2O2/c17-15(14-9-5-2-6-10-14)11-18-16(19)20-12-13-7-3-1-4-8-13/h1,3-4,7-8,14-15H,2,5-6,9-12,17H2,(H,18,19)/t15-/m1/s1. The van der Waals surface area contributed by atoms with Crippen LogP contribution in [0.3, 0.4) is 0 Å². The van der Waals surface area contributed by atoms with Crippen molar-refractivity contribution in [1.29, 1.82) is 0 Å². The highest BCUT2D eigenvalue weighted by Crippen LogP contribution is 2.25. The molecule has 0 heterocycles. The number of nitrogens with one attached hydrogen (secondary N) is 1. The molecular formula is C16H24N2O2. The molecule has 1 aliphatic carbocycles. The van der Waals surface area contributed by atoms with Gasteiger partial charge in [-0.1, -0.05) is 49.6 Å². The molecule has 0 aromatic heterocycles. The zero-order valence-electron chi connectivity index (χ0n) is 11.9. The van der Waals surface area contributed by atoms with Gasteiger partial charge in [0.2, 0.25) is 0 Å². The van der Waals surface area contributed by atoms with Crippen LogP contribution in [-0.4, -0.2) is 18.7 Å². The summed E-state index contributed by atoms with van der Waals surface area (Å²) in [6.45, 7) is 0.795. The Morgan fingerprint density at radius 1 is 1.25 bits per heavy atom. The average molecular weight is 276 g/mol. The van der Waals surface area contributed by atoms with E-state index in [0.717, 1.165) is 5.56 Å². The van der Waals surface area contributed by atoms with E-state index in [0.29, 0.717) is 19.1 Å². The average Bonchev–Trinajstić information content (AvgIpc) is 2.52. The Bertz CT molecular complexity index is 402. The van der Waals surface area contributed by atoms with E-state index in [1.165, 1.54) is 32.1 Å². The summed E-state index contributed by atoms with van der Waals surface area (Å²) in [4.78, 5) is 11.6. The van der Waals surface area contributed by atoms with Crippen molar-refractivity contribution in [1.82, 2.24) is 5.32 Å². The van der Waals surface area contributed by atoms with Gasteiger partial charge in [0.15, 0.2) is 0 Å². The van der Waals surface area contributed by atoms with Crippen LogP contribution in [0.5, 0.6) is 0 Å². The van der Waals surface area contributed by atoms with Gasteiger partial charge in [-0.15, -0.1) is 0 Å². The van der Waals surface area contributed by atoms with E-state index in [9.17, 15) is 4.79 Å². The smallest absolute Gasteiger partial charge is 0.407 e. The van der Waals surface area contributed by atoms with Gasteiger partial charge in [-0.25, -0.2) is 4.79 Å². The molecule has 0 aliphatic heterocycles. The van der Waals surface area contributed by atoms with Gasteiger partial charge in [-0.2, -0.15) is 0 Å². The molecule has 1 aromatic carbocycles. The molecule has 1 aliphatic rings. The summed E-state index contributed by atoms with van der Waals surface area (Å²) in [5.41, 5.74) is 7.12. The number of amides is 1. The summed E-state index contributed by atoms with van der Waals surface area (Å²) in [6.07, 6.45) is 5.81. The van der Waals surface area contributed by atoms with Crippen LogP contribution in [0.4, 0.5) is 4.79 Å². The SMILES string of the molecule is N[C@H](CNC(=O)OCc1ccccc1)C1CCCCC1. The molecule has 0 spiro atoms. The van der Waals surface area contributed by atoms with Crippen molar-refractivity contribution < 1.29 is 9.53 Å². The minimum absolute atomic E-state index is 0.0413. The molecular weight excluding hydrogens is 252 g/mol. The molecule has 4 heteroatoms. The molecule has 1 fully saturated rings. The van der Waals surface area contributed by atoms with Gasteiger partial charge in [-0.3, -0.25) is 0 Å². The van der Waals surface area contributed by atoms with Gasteiger partial charge >= 0.3 is 6.09 Å². The Morgan fingerprint density at radius 2 is 1.95 bits per heavy atom. The van der Waals surface area contributed by atoms with E-state index in [2.05, 4.69) is 5.32 Å². The molecule has 0 unspecified atom stereocenters. The second-order valence-corrected chi connectivity index (χ2v) is 5.50. The fraction of sp³-hybridized carbons (Fsp3) is 0.562. The number of carbonyl (C=O) groups is 1. The lowest BCUT2D eigenvalue weighted by molar-refractivity contribution is 0.137. The van der Waals surface area contributed by atoms with Crippen molar-refractivity contribution in [2.75, 3.05) is 6.54 Å². The summed E-state index contributed by atoms with van der Waals surface area (Å²) in [7, 11) is 0. The molecule has 110 valence electrons. The monoisotopic (exact) mass is 276 g/mol. The highest BCUT2D eigenvalue weighted by Gasteiger charge is 2.20. The number of hydrogen-bond donors (Lipinski definition) is 2. The normalized spacial score (nSPS) is 17.4. The van der Waals surface area contributed by atoms with E-state index < -0.39 is 0 Å². The van der Waals surface area contributed by atoms with Crippen LogP contribution < -0.4 is 11.1 Å². The molecule has 0 saturated heterocycles. The molecule has 3 N–H and O–H groups in total. The molecule has 1 aromatic rings. The Labute approximate surface area is 120 Å². The molecule has 4 nitrogen and oxygen atoms in total. The largest absolute Gasteiger partial charge is 0.445 e. The van der Waals surface area contributed by atoms with Crippen LogP contribution in [0.1, 0.15) is 37.7 Å². The summed E-state index contributed by atoms with van der Waals surface area (Å²) in [5.74, 6) is 0.540. The number of carbonyl (C=O) groups excluding carboxylic acids is 1. The Morgan fingerprint density at radius 3 is 2.65 bits per heavy atom. The first-order valence-electron chi connectivity index (χ1n) is 7.46. The van der Waals surface area contributed by atoms with Crippen molar-refractivity contribution in [2.45, 2.75) is 44.8 Å². The van der Waals surface area contributed by atoms with Crippen LogP contribution in [0, 0.1) is 5.92 Å². The maximum Gasteiger partial charge on any atom is 0.407 e. The van der Waals surface area contributed by atoms with Gasteiger partial charge < -0.3 is 15.8 Å². The summed E-state index contributed by atoms with van der Waals surface area (Å²) in [5, 5.41) is 2.76. The third kappa shape index (κ3) is 4.85. The summed E-state index contributed by atoms with van der Waals surface area (Å²) in [6, 6.07) is 9.69. The van der Waals surface area contributed by atoms with Crippen molar-refractivity contribution in [3.8, 4) is 0 Å². The fourth-order valence-corrected chi connectivity index (χ4v) is 2.70. The number of nitrogens with two attached hydrogens (primary N) is 1. The summed E-state index contributed by atoms with van der Waals surface area (Å²) < 4.78 is 5.16. The maximum absolute atomic E-state index is 11.6. The molecule has 1 amide bonds. The van der Waals surface area contributed by atoms with Crippen molar-refractivity contribution in [3.05, 3.63) is 35.9 Å². The molecule has 1 atom stereocenters. The second kappa shape index (κ2) is 7.90. The van der Waals surface area contributed by atoms with E-state index in [4.69, 9.17) is 10.5 Å². The molecule has 0 radical (unpaired) electrons.